The number of hydrogen-bond donors (Lipinski definition) is 1. The maximum atomic E-state index is 14.1. The van der Waals surface area contributed by atoms with Crippen LogP contribution in [-0.2, 0) is 26.2 Å². The fraction of sp³-hybridized carbons (Fsp3) is 0.375. The molecule has 40 heavy (non-hydrogen) atoms. The van der Waals surface area contributed by atoms with Crippen LogP contribution in [0, 0.1) is 20.8 Å². The molecule has 3 aromatic carbocycles. The third-order valence-corrected chi connectivity index (χ3v) is 8.87. The summed E-state index contributed by atoms with van der Waals surface area (Å²) < 4.78 is 29.1. The molecule has 214 valence electrons. The van der Waals surface area contributed by atoms with Gasteiger partial charge in [-0.1, -0.05) is 74.4 Å². The minimum atomic E-state index is -4.09. The second kappa shape index (κ2) is 14.1. The molecule has 0 aromatic heterocycles. The van der Waals surface area contributed by atoms with Crippen molar-refractivity contribution in [3.05, 3.63) is 95.1 Å². The number of carbonyl (C=O) groups is 2. The normalized spacial score (nSPS) is 12.0. The van der Waals surface area contributed by atoms with Gasteiger partial charge in [-0.25, -0.2) is 8.42 Å². The zero-order valence-electron chi connectivity index (χ0n) is 24.2. The van der Waals surface area contributed by atoms with Gasteiger partial charge in [0.1, 0.15) is 12.6 Å². The zero-order valence-corrected chi connectivity index (χ0v) is 25.0. The highest BCUT2D eigenvalue weighted by molar-refractivity contribution is 7.92. The standard InChI is InChI=1S/C32H41N3O4S/c1-6-8-20-33-32(37)30(7-2)34(22-27-12-10-9-11-13-27)31(36)23-35(28-17-16-25(4)26(5)21-28)40(38,39)29-18-14-24(3)15-19-29/h9-19,21,30H,6-8,20,22-23H2,1-5H3,(H,33,37)/t30-/m1/s1. The summed E-state index contributed by atoms with van der Waals surface area (Å²) in [6, 6.07) is 20.6. The summed E-state index contributed by atoms with van der Waals surface area (Å²) >= 11 is 0. The van der Waals surface area contributed by atoms with Gasteiger partial charge in [0.2, 0.25) is 11.8 Å². The van der Waals surface area contributed by atoms with Gasteiger partial charge >= 0.3 is 0 Å². The number of hydrogen-bond acceptors (Lipinski definition) is 4. The molecular weight excluding hydrogens is 522 g/mol. The quantitative estimate of drug-likeness (QED) is 0.277. The molecule has 3 aromatic rings. The number of nitrogens with zero attached hydrogens (tertiary/aromatic N) is 2. The van der Waals surface area contributed by atoms with E-state index in [1.54, 1.807) is 36.4 Å². The van der Waals surface area contributed by atoms with Crippen molar-refractivity contribution in [1.29, 1.82) is 0 Å². The highest BCUT2D eigenvalue weighted by Crippen LogP contribution is 2.27. The van der Waals surface area contributed by atoms with Gasteiger partial charge in [0, 0.05) is 13.1 Å². The first-order chi connectivity index (χ1) is 19.1. The summed E-state index contributed by atoms with van der Waals surface area (Å²) in [5.74, 6) is -0.686. The van der Waals surface area contributed by atoms with E-state index in [0.717, 1.165) is 39.4 Å². The molecule has 0 radical (unpaired) electrons. The molecule has 0 heterocycles. The largest absolute Gasteiger partial charge is 0.354 e. The second-order valence-corrected chi connectivity index (χ2v) is 12.0. The number of aryl methyl sites for hydroxylation is 3. The van der Waals surface area contributed by atoms with Gasteiger partial charge in [0.25, 0.3) is 10.0 Å². The van der Waals surface area contributed by atoms with E-state index >= 15 is 0 Å². The Labute approximate surface area is 239 Å². The van der Waals surface area contributed by atoms with Crippen LogP contribution < -0.4 is 9.62 Å². The van der Waals surface area contributed by atoms with Gasteiger partial charge in [0.15, 0.2) is 0 Å². The number of carbonyl (C=O) groups excluding carboxylic acids is 2. The number of nitrogens with one attached hydrogen (secondary N) is 1. The fourth-order valence-electron chi connectivity index (χ4n) is 4.45. The first kappa shape index (κ1) is 30.9. The highest BCUT2D eigenvalue weighted by Gasteiger charge is 2.33. The Morgan fingerprint density at radius 2 is 1.55 bits per heavy atom. The molecule has 7 nitrogen and oxygen atoms in total. The Hall–Kier alpha value is -3.65. The van der Waals surface area contributed by atoms with E-state index in [0.29, 0.717) is 18.7 Å². The zero-order chi connectivity index (χ0) is 29.3. The van der Waals surface area contributed by atoms with Crippen molar-refractivity contribution in [2.45, 2.75) is 71.4 Å². The van der Waals surface area contributed by atoms with Crippen LogP contribution in [-0.4, -0.2) is 44.3 Å². The predicted molar refractivity (Wildman–Crippen MR) is 161 cm³/mol. The van der Waals surface area contributed by atoms with Gasteiger partial charge in [-0.05, 0) is 74.6 Å². The first-order valence-electron chi connectivity index (χ1n) is 13.9. The van der Waals surface area contributed by atoms with E-state index in [1.165, 1.54) is 4.90 Å². The molecule has 0 aliphatic carbocycles. The van der Waals surface area contributed by atoms with Crippen molar-refractivity contribution in [2.24, 2.45) is 0 Å². The third kappa shape index (κ3) is 7.72. The smallest absolute Gasteiger partial charge is 0.264 e. The number of benzene rings is 3. The van der Waals surface area contributed by atoms with E-state index in [1.807, 2.05) is 71.0 Å². The summed E-state index contributed by atoms with van der Waals surface area (Å²) in [5.41, 5.74) is 4.12. The maximum Gasteiger partial charge on any atom is 0.264 e. The minimum Gasteiger partial charge on any atom is -0.354 e. The van der Waals surface area contributed by atoms with Crippen LogP contribution >= 0.6 is 0 Å². The van der Waals surface area contributed by atoms with Gasteiger partial charge < -0.3 is 10.2 Å². The van der Waals surface area contributed by atoms with Crippen LogP contribution in [0.3, 0.4) is 0 Å². The first-order valence-corrected chi connectivity index (χ1v) is 15.3. The van der Waals surface area contributed by atoms with Crippen molar-refractivity contribution in [3.8, 4) is 0 Å². The molecule has 0 spiro atoms. The topological polar surface area (TPSA) is 86.8 Å². The van der Waals surface area contributed by atoms with Crippen LogP contribution in [0.25, 0.3) is 0 Å². The number of unbranched alkanes of at least 4 members (excludes halogenated alkanes) is 1. The molecule has 0 bridgehead atoms. The Morgan fingerprint density at radius 3 is 2.15 bits per heavy atom. The SMILES string of the molecule is CCCCNC(=O)[C@@H](CC)N(Cc1ccccc1)C(=O)CN(c1ccc(C)c(C)c1)S(=O)(=O)c1ccc(C)cc1. The van der Waals surface area contributed by atoms with Crippen LogP contribution in [0.15, 0.2) is 77.7 Å². The number of rotatable bonds is 13. The molecule has 0 saturated carbocycles. The van der Waals surface area contributed by atoms with E-state index in [-0.39, 0.29) is 17.3 Å². The van der Waals surface area contributed by atoms with Crippen molar-refractivity contribution in [1.82, 2.24) is 10.2 Å². The lowest BCUT2D eigenvalue weighted by Crippen LogP contribution is -2.52. The third-order valence-electron chi connectivity index (χ3n) is 7.08. The van der Waals surface area contributed by atoms with Gasteiger partial charge in [-0.2, -0.15) is 0 Å². The lowest BCUT2D eigenvalue weighted by molar-refractivity contribution is -0.140. The predicted octanol–water partition coefficient (Wildman–Crippen LogP) is 5.53. The molecule has 0 aliphatic rings. The summed E-state index contributed by atoms with van der Waals surface area (Å²) in [6.45, 7) is 9.92. The number of sulfonamides is 1. The van der Waals surface area contributed by atoms with E-state index in [4.69, 9.17) is 0 Å². The van der Waals surface area contributed by atoms with Gasteiger partial charge in [0.05, 0.1) is 10.6 Å². The van der Waals surface area contributed by atoms with Crippen LogP contribution in [0.4, 0.5) is 5.69 Å². The molecule has 1 N–H and O–H groups in total. The number of amides is 2. The summed E-state index contributed by atoms with van der Waals surface area (Å²) in [6.07, 6.45) is 2.17. The second-order valence-electron chi connectivity index (χ2n) is 10.2. The van der Waals surface area contributed by atoms with Crippen LogP contribution in [0.1, 0.15) is 55.4 Å². The molecule has 0 unspecified atom stereocenters. The van der Waals surface area contributed by atoms with E-state index in [2.05, 4.69) is 5.32 Å². The van der Waals surface area contributed by atoms with Gasteiger partial charge in [-0.3, -0.25) is 13.9 Å². The summed E-state index contributed by atoms with van der Waals surface area (Å²) in [5, 5.41) is 2.95. The summed E-state index contributed by atoms with van der Waals surface area (Å²) in [7, 11) is -4.09. The molecule has 0 aliphatic heterocycles. The molecule has 0 fully saturated rings. The lowest BCUT2D eigenvalue weighted by Gasteiger charge is -2.33. The molecule has 3 rings (SSSR count). The monoisotopic (exact) mass is 563 g/mol. The van der Waals surface area contributed by atoms with Crippen molar-refractivity contribution in [2.75, 3.05) is 17.4 Å². The van der Waals surface area contributed by atoms with Crippen LogP contribution in [0.5, 0.6) is 0 Å². The van der Waals surface area contributed by atoms with Crippen molar-refractivity contribution in [3.63, 3.8) is 0 Å². The average molecular weight is 564 g/mol. The average Bonchev–Trinajstić information content (AvgIpc) is 2.94. The molecule has 2 amide bonds. The van der Waals surface area contributed by atoms with Crippen LogP contribution in [0.2, 0.25) is 0 Å². The van der Waals surface area contributed by atoms with E-state index in [9.17, 15) is 18.0 Å². The van der Waals surface area contributed by atoms with Crippen molar-refractivity contribution < 1.29 is 18.0 Å². The van der Waals surface area contributed by atoms with Crippen molar-refractivity contribution >= 4 is 27.5 Å². The maximum absolute atomic E-state index is 14.1. The summed E-state index contributed by atoms with van der Waals surface area (Å²) in [4.78, 5) is 28.9. The lowest BCUT2D eigenvalue weighted by atomic mass is 10.1. The van der Waals surface area contributed by atoms with Gasteiger partial charge in [-0.15, -0.1) is 0 Å². The Bertz CT molecular complexity index is 1390. The molecule has 0 saturated heterocycles. The van der Waals surface area contributed by atoms with E-state index < -0.39 is 28.5 Å². The molecule has 1 atom stereocenters. The fourth-order valence-corrected chi connectivity index (χ4v) is 5.86. The minimum absolute atomic E-state index is 0.100. The Morgan fingerprint density at radius 1 is 0.875 bits per heavy atom. The Balaban J connectivity index is 2.04. The Kier molecular flexibility index (Phi) is 10.9. The molecule has 8 heteroatoms. The number of anilines is 1. The molecular formula is C32H41N3O4S. The highest BCUT2D eigenvalue weighted by atomic mass is 32.2.